The summed E-state index contributed by atoms with van der Waals surface area (Å²) < 4.78 is 10.6. The molecule has 2 rings (SSSR count). The molecule has 0 atom stereocenters. The SMILES string of the molecule is CCOC(=O)c1c(-c2cc(C)ccc2OC)csc1NC(=O)CCC(=O)O. The van der Waals surface area contributed by atoms with Crippen molar-refractivity contribution in [2.75, 3.05) is 19.0 Å². The quantitative estimate of drug-likeness (QED) is 0.665. The van der Waals surface area contributed by atoms with Crippen molar-refractivity contribution in [3.63, 3.8) is 0 Å². The zero-order valence-corrected chi connectivity index (χ0v) is 16.1. The highest BCUT2D eigenvalue weighted by Crippen LogP contribution is 2.40. The van der Waals surface area contributed by atoms with Crippen LogP contribution >= 0.6 is 11.3 Å². The van der Waals surface area contributed by atoms with E-state index in [1.165, 1.54) is 11.3 Å². The average molecular weight is 391 g/mol. The van der Waals surface area contributed by atoms with Gasteiger partial charge in [-0.15, -0.1) is 11.3 Å². The highest BCUT2D eigenvalue weighted by atomic mass is 32.1. The van der Waals surface area contributed by atoms with E-state index in [0.717, 1.165) is 5.56 Å². The van der Waals surface area contributed by atoms with Gasteiger partial charge in [0.25, 0.3) is 0 Å². The highest BCUT2D eigenvalue weighted by molar-refractivity contribution is 7.15. The molecule has 0 saturated heterocycles. The maximum atomic E-state index is 12.6. The number of carboxylic acid groups (broad SMARTS) is 1. The second-order valence-electron chi connectivity index (χ2n) is 5.72. The van der Waals surface area contributed by atoms with Crippen LogP contribution in [0.1, 0.15) is 35.7 Å². The molecule has 2 N–H and O–H groups in total. The molecule has 0 unspecified atom stereocenters. The summed E-state index contributed by atoms with van der Waals surface area (Å²) in [5, 5.41) is 13.4. The monoisotopic (exact) mass is 391 g/mol. The molecule has 1 aromatic heterocycles. The molecular weight excluding hydrogens is 370 g/mol. The number of rotatable bonds is 8. The van der Waals surface area contributed by atoms with Crippen molar-refractivity contribution in [3.05, 3.63) is 34.7 Å². The third-order valence-electron chi connectivity index (χ3n) is 3.73. The van der Waals surface area contributed by atoms with Gasteiger partial charge in [-0.2, -0.15) is 0 Å². The predicted octanol–water partition coefficient (Wildman–Crippen LogP) is 3.71. The van der Waals surface area contributed by atoms with Crippen LogP contribution in [0.4, 0.5) is 5.00 Å². The number of aryl methyl sites for hydroxylation is 1. The van der Waals surface area contributed by atoms with E-state index in [2.05, 4.69) is 5.32 Å². The van der Waals surface area contributed by atoms with Crippen molar-refractivity contribution >= 4 is 34.2 Å². The highest BCUT2D eigenvalue weighted by Gasteiger charge is 2.24. The van der Waals surface area contributed by atoms with E-state index in [1.807, 2.05) is 25.1 Å². The Morgan fingerprint density at radius 3 is 2.56 bits per heavy atom. The summed E-state index contributed by atoms with van der Waals surface area (Å²) in [5.74, 6) is -1.52. The number of esters is 1. The summed E-state index contributed by atoms with van der Waals surface area (Å²) in [6.45, 7) is 3.81. The molecule has 0 saturated carbocycles. The van der Waals surface area contributed by atoms with Gasteiger partial charge in [-0.1, -0.05) is 11.6 Å². The molecule has 27 heavy (non-hydrogen) atoms. The Labute approximate surface area is 160 Å². The third-order valence-corrected chi connectivity index (χ3v) is 4.63. The molecule has 0 fully saturated rings. The lowest BCUT2D eigenvalue weighted by molar-refractivity contribution is -0.138. The Kier molecular flexibility index (Phi) is 6.95. The van der Waals surface area contributed by atoms with Crippen LogP contribution in [0.2, 0.25) is 0 Å². The molecule has 0 spiro atoms. The predicted molar refractivity (Wildman–Crippen MR) is 103 cm³/mol. The molecule has 8 heteroatoms. The number of carbonyl (C=O) groups is 3. The Hall–Kier alpha value is -2.87. The van der Waals surface area contributed by atoms with Gasteiger partial charge >= 0.3 is 11.9 Å². The van der Waals surface area contributed by atoms with E-state index in [4.69, 9.17) is 14.6 Å². The Bertz CT molecular complexity index is 858. The minimum absolute atomic E-state index is 0.182. The average Bonchev–Trinajstić information content (AvgIpc) is 3.03. The lowest BCUT2D eigenvalue weighted by Gasteiger charge is -2.12. The molecule has 1 heterocycles. The summed E-state index contributed by atoms with van der Waals surface area (Å²) in [5.41, 5.74) is 2.52. The van der Waals surface area contributed by atoms with Gasteiger partial charge in [0.15, 0.2) is 0 Å². The first-order valence-electron chi connectivity index (χ1n) is 8.32. The van der Waals surface area contributed by atoms with Crippen LogP contribution < -0.4 is 10.1 Å². The van der Waals surface area contributed by atoms with E-state index < -0.39 is 17.8 Å². The Balaban J connectivity index is 2.46. The van der Waals surface area contributed by atoms with E-state index in [-0.39, 0.29) is 25.0 Å². The first kappa shape index (κ1) is 20.4. The molecule has 7 nitrogen and oxygen atoms in total. The van der Waals surface area contributed by atoms with Gasteiger partial charge in [0.1, 0.15) is 16.3 Å². The second kappa shape index (κ2) is 9.18. The minimum Gasteiger partial charge on any atom is -0.496 e. The number of benzene rings is 1. The van der Waals surface area contributed by atoms with E-state index in [0.29, 0.717) is 21.9 Å². The number of hydrogen-bond acceptors (Lipinski definition) is 6. The van der Waals surface area contributed by atoms with Crippen LogP contribution in [-0.4, -0.2) is 36.7 Å². The molecule has 0 aliphatic heterocycles. The van der Waals surface area contributed by atoms with Crippen LogP contribution in [0.25, 0.3) is 11.1 Å². The molecule has 0 aliphatic rings. The van der Waals surface area contributed by atoms with Crippen molar-refractivity contribution in [3.8, 4) is 16.9 Å². The van der Waals surface area contributed by atoms with Crippen molar-refractivity contribution in [2.45, 2.75) is 26.7 Å². The van der Waals surface area contributed by atoms with Crippen molar-refractivity contribution in [2.24, 2.45) is 0 Å². The first-order valence-corrected chi connectivity index (χ1v) is 9.20. The van der Waals surface area contributed by atoms with Crippen molar-refractivity contribution in [1.82, 2.24) is 0 Å². The number of thiophene rings is 1. The van der Waals surface area contributed by atoms with E-state index in [9.17, 15) is 14.4 Å². The molecule has 0 radical (unpaired) electrons. The summed E-state index contributed by atoms with van der Waals surface area (Å²) >= 11 is 1.18. The van der Waals surface area contributed by atoms with Crippen LogP contribution in [-0.2, 0) is 14.3 Å². The maximum absolute atomic E-state index is 12.6. The fraction of sp³-hybridized carbons (Fsp3) is 0.316. The largest absolute Gasteiger partial charge is 0.496 e. The Morgan fingerprint density at radius 1 is 1.19 bits per heavy atom. The van der Waals surface area contributed by atoms with E-state index >= 15 is 0 Å². The van der Waals surface area contributed by atoms with Gasteiger partial charge < -0.3 is 19.9 Å². The summed E-state index contributed by atoms with van der Waals surface area (Å²) in [6.07, 6.45) is -0.469. The normalized spacial score (nSPS) is 10.3. The van der Waals surface area contributed by atoms with Crippen LogP contribution in [0.15, 0.2) is 23.6 Å². The van der Waals surface area contributed by atoms with Crippen LogP contribution in [0.5, 0.6) is 5.75 Å². The minimum atomic E-state index is -1.06. The number of carboxylic acids is 1. The number of ether oxygens (including phenoxy) is 2. The van der Waals surface area contributed by atoms with Gasteiger partial charge in [-0.3, -0.25) is 9.59 Å². The van der Waals surface area contributed by atoms with E-state index in [1.54, 1.807) is 19.4 Å². The number of amides is 1. The lowest BCUT2D eigenvalue weighted by Crippen LogP contribution is -2.15. The smallest absolute Gasteiger partial charge is 0.341 e. The topological polar surface area (TPSA) is 102 Å². The Morgan fingerprint density at radius 2 is 1.93 bits per heavy atom. The van der Waals surface area contributed by atoms with Crippen LogP contribution in [0.3, 0.4) is 0 Å². The number of methoxy groups -OCH3 is 1. The van der Waals surface area contributed by atoms with Crippen molar-refractivity contribution < 1.29 is 29.0 Å². The van der Waals surface area contributed by atoms with Gasteiger partial charge in [-0.05, 0) is 26.0 Å². The number of carbonyl (C=O) groups excluding carboxylic acids is 2. The zero-order valence-electron chi connectivity index (χ0n) is 15.3. The number of anilines is 1. The summed E-state index contributed by atoms with van der Waals surface area (Å²) in [4.78, 5) is 35.2. The van der Waals surface area contributed by atoms with Gasteiger partial charge in [0, 0.05) is 22.9 Å². The molecule has 1 aromatic carbocycles. The number of nitrogens with one attached hydrogen (secondary N) is 1. The molecule has 2 aromatic rings. The zero-order chi connectivity index (χ0) is 20.0. The summed E-state index contributed by atoms with van der Waals surface area (Å²) in [7, 11) is 1.54. The maximum Gasteiger partial charge on any atom is 0.341 e. The first-order chi connectivity index (χ1) is 12.9. The molecular formula is C19H21NO6S. The molecule has 0 aliphatic carbocycles. The second-order valence-corrected chi connectivity index (χ2v) is 6.60. The number of hydrogen-bond donors (Lipinski definition) is 2. The van der Waals surface area contributed by atoms with Gasteiger partial charge in [0.05, 0.1) is 20.1 Å². The van der Waals surface area contributed by atoms with Gasteiger partial charge in [-0.25, -0.2) is 4.79 Å². The third kappa shape index (κ3) is 5.07. The molecule has 144 valence electrons. The molecule has 1 amide bonds. The van der Waals surface area contributed by atoms with Gasteiger partial charge in [0.2, 0.25) is 5.91 Å². The summed E-state index contributed by atoms with van der Waals surface area (Å²) in [6, 6.07) is 5.59. The van der Waals surface area contributed by atoms with Crippen LogP contribution in [0, 0.1) is 6.92 Å². The van der Waals surface area contributed by atoms with Crippen molar-refractivity contribution in [1.29, 1.82) is 0 Å². The standard InChI is InChI=1S/C19H21NO6S/c1-4-26-19(24)17-13(12-9-11(2)5-6-14(12)25-3)10-27-18(17)20-15(21)7-8-16(22)23/h5-6,9-10H,4,7-8H2,1-3H3,(H,20,21)(H,22,23). The fourth-order valence-corrected chi connectivity index (χ4v) is 3.46. The lowest BCUT2D eigenvalue weighted by atomic mass is 10.0. The number of aliphatic carboxylic acids is 1. The molecule has 0 bridgehead atoms. The fourth-order valence-electron chi connectivity index (χ4n) is 2.50.